The zero-order chi connectivity index (χ0) is 20.5. The molecule has 0 radical (unpaired) electrons. The number of amides is 1. The van der Waals surface area contributed by atoms with Crippen molar-refractivity contribution < 1.29 is 4.79 Å². The molecule has 30 heavy (non-hydrogen) atoms. The molecular formula is C22H23N7O. The Morgan fingerprint density at radius 1 is 1.13 bits per heavy atom. The molecule has 1 amide bonds. The molecule has 4 heterocycles. The lowest BCUT2D eigenvalue weighted by atomic mass is 10.1. The number of nitrogens with one attached hydrogen (secondary N) is 1. The average molecular weight is 401 g/mol. The molecule has 5 rings (SSSR count). The Morgan fingerprint density at radius 2 is 2.03 bits per heavy atom. The number of fused-ring (bicyclic) bond motifs is 1. The number of hydrogen-bond acceptors (Lipinski definition) is 5. The van der Waals surface area contributed by atoms with Crippen LogP contribution in [0.25, 0.3) is 28.2 Å². The monoisotopic (exact) mass is 401 g/mol. The van der Waals surface area contributed by atoms with Crippen molar-refractivity contribution in [2.75, 3.05) is 0 Å². The molecule has 1 saturated carbocycles. The molecule has 1 aliphatic carbocycles. The van der Waals surface area contributed by atoms with E-state index in [4.69, 9.17) is 0 Å². The van der Waals surface area contributed by atoms with Crippen LogP contribution in [0.15, 0.2) is 55.2 Å². The fraction of sp³-hybridized carbons (Fsp3) is 0.318. The number of carbonyl (C=O) groups excluding carboxylic acids is 1. The topological polar surface area (TPSA) is 90.0 Å². The van der Waals surface area contributed by atoms with E-state index in [1.165, 1.54) is 0 Å². The van der Waals surface area contributed by atoms with Gasteiger partial charge in [0, 0.05) is 48.4 Å². The van der Waals surface area contributed by atoms with Gasteiger partial charge >= 0.3 is 0 Å². The summed E-state index contributed by atoms with van der Waals surface area (Å²) in [5, 5.41) is 11.6. The molecular weight excluding hydrogens is 378 g/mol. The molecule has 2 atom stereocenters. The second kappa shape index (κ2) is 7.70. The molecule has 4 aromatic heterocycles. The summed E-state index contributed by atoms with van der Waals surface area (Å²) in [6.45, 7) is 1.88. The summed E-state index contributed by atoms with van der Waals surface area (Å²) < 4.78 is 3.96. The first-order valence-electron chi connectivity index (χ1n) is 10.3. The summed E-state index contributed by atoms with van der Waals surface area (Å²) in [4.78, 5) is 20.6. The highest BCUT2D eigenvalue weighted by Gasteiger charge is 2.29. The van der Waals surface area contributed by atoms with E-state index in [1.807, 2.05) is 52.8 Å². The van der Waals surface area contributed by atoms with Crippen LogP contribution in [0.3, 0.4) is 0 Å². The van der Waals surface area contributed by atoms with Gasteiger partial charge in [0.15, 0.2) is 0 Å². The molecule has 152 valence electrons. The average Bonchev–Trinajstić information content (AvgIpc) is 3.53. The molecule has 0 saturated heterocycles. The fourth-order valence-electron chi connectivity index (χ4n) is 4.15. The maximum absolute atomic E-state index is 11.7. The van der Waals surface area contributed by atoms with E-state index in [0.717, 1.165) is 47.4 Å². The molecule has 0 bridgehead atoms. The van der Waals surface area contributed by atoms with Crippen LogP contribution in [-0.2, 0) is 4.79 Å². The van der Waals surface area contributed by atoms with Crippen LogP contribution in [0.1, 0.15) is 38.6 Å². The van der Waals surface area contributed by atoms with Crippen LogP contribution in [0.4, 0.5) is 0 Å². The predicted molar refractivity (Wildman–Crippen MR) is 113 cm³/mol. The third-order valence-electron chi connectivity index (χ3n) is 5.76. The third-order valence-corrected chi connectivity index (χ3v) is 5.76. The van der Waals surface area contributed by atoms with E-state index in [1.54, 1.807) is 12.4 Å². The van der Waals surface area contributed by atoms with Crippen molar-refractivity contribution in [3.63, 3.8) is 0 Å². The highest BCUT2D eigenvalue weighted by atomic mass is 16.1. The first kappa shape index (κ1) is 18.5. The number of nitrogens with zero attached hydrogens (tertiary/aromatic N) is 6. The van der Waals surface area contributed by atoms with Gasteiger partial charge in [0.1, 0.15) is 5.65 Å². The van der Waals surface area contributed by atoms with Gasteiger partial charge in [0.2, 0.25) is 5.91 Å². The molecule has 1 N–H and O–H groups in total. The lowest BCUT2D eigenvalue weighted by molar-refractivity contribution is -0.121. The van der Waals surface area contributed by atoms with Crippen molar-refractivity contribution in [2.45, 2.75) is 44.7 Å². The van der Waals surface area contributed by atoms with Crippen molar-refractivity contribution in [3.05, 3.63) is 55.2 Å². The van der Waals surface area contributed by atoms with E-state index in [0.29, 0.717) is 6.42 Å². The Bertz CT molecular complexity index is 1180. The molecule has 0 unspecified atom stereocenters. The van der Waals surface area contributed by atoms with Crippen LogP contribution in [-0.4, -0.2) is 41.3 Å². The van der Waals surface area contributed by atoms with E-state index in [9.17, 15) is 4.79 Å². The number of pyridine rings is 2. The Kier molecular flexibility index (Phi) is 4.74. The van der Waals surface area contributed by atoms with Gasteiger partial charge in [-0.1, -0.05) is 12.1 Å². The fourth-order valence-corrected chi connectivity index (χ4v) is 4.15. The van der Waals surface area contributed by atoms with Crippen molar-refractivity contribution in [1.82, 2.24) is 34.7 Å². The zero-order valence-electron chi connectivity index (χ0n) is 16.8. The summed E-state index contributed by atoms with van der Waals surface area (Å²) in [5.74, 6) is 0.105. The summed E-state index contributed by atoms with van der Waals surface area (Å²) in [5.41, 5.74) is 4.77. The summed E-state index contributed by atoms with van der Waals surface area (Å²) >= 11 is 0. The molecule has 0 aromatic carbocycles. The van der Waals surface area contributed by atoms with Crippen molar-refractivity contribution in [1.29, 1.82) is 0 Å². The molecule has 0 aliphatic heterocycles. The normalized spacial score (nSPS) is 18.7. The Morgan fingerprint density at radius 3 is 2.87 bits per heavy atom. The highest BCUT2D eigenvalue weighted by molar-refractivity contribution is 5.75. The van der Waals surface area contributed by atoms with E-state index < -0.39 is 0 Å². The second-order valence-electron chi connectivity index (χ2n) is 7.69. The van der Waals surface area contributed by atoms with Gasteiger partial charge in [0.05, 0.1) is 23.6 Å². The number of rotatable bonds is 5. The lowest BCUT2D eigenvalue weighted by Gasteiger charge is -2.15. The van der Waals surface area contributed by atoms with Crippen LogP contribution < -0.4 is 5.32 Å². The smallest absolute Gasteiger partial charge is 0.219 e. The van der Waals surface area contributed by atoms with E-state index >= 15 is 0 Å². The van der Waals surface area contributed by atoms with Crippen molar-refractivity contribution in [2.24, 2.45) is 0 Å². The molecule has 1 fully saturated rings. The van der Waals surface area contributed by atoms with Crippen molar-refractivity contribution >= 4 is 11.6 Å². The Hall–Kier alpha value is -3.55. The number of aromatic nitrogens is 6. The van der Waals surface area contributed by atoms with Crippen LogP contribution >= 0.6 is 0 Å². The quantitative estimate of drug-likeness (QED) is 0.554. The largest absolute Gasteiger partial charge is 0.353 e. The van der Waals surface area contributed by atoms with E-state index in [2.05, 4.69) is 31.7 Å². The highest BCUT2D eigenvalue weighted by Crippen LogP contribution is 2.33. The van der Waals surface area contributed by atoms with Gasteiger partial charge in [-0.25, -0.2) is 9.67 Å². The molecule has 0 spiro atoms. The van der Waals surface area contributed by atoms with Crippen LogP contribution in [0.5, 0.6) is 0 Å². The van der Waals surface area contributed by atoms with Gasteiger partial charge in [-0.2, -0.15) is 0 Å². The first-order chi connectivity index (χ1) is 14.7. The van der Waals surface area contributed by atoms with Crippen LogP contribution in [0.2, 0.25) is 0 Å². The third kappa shape index (κ3) is 3.45. The van der Waals surface area contributed by atoms with Gasteiger partial charge in [-0.05, 0) is 43.5 Å². The van der Waals surface area contributed by atoms with Crippen LogP contribution in [0, 0.1) is 0 Å². The summed E-state index contributed by atoms with van der Waals surface area (Å²) in [6, 6.07) is 8.52. The Labute approximate surface area is 174 Å². The van der Waals surface area contributed by atoms with Crippen molar-refractivity contribution in [3.8, 4) is 22.5 Å². The predicted octanol–water partition coefficient (Wildman–Crippen LogP) is 3.27. The minimum atomic E-state index is 0.105. The van der Waals surface area contributed by atoms with Gasteiger partial charge in [-0.15, -0.1) is 5.10 Å². The van der Waals surface area contributed by atoms with E-state index in [-0.39, 0.29) is 18.0 Å². The molecule has 1 aliphatic rings. The number of imidazole rings is 1. The minimum Gasteiger partial charge on any atom is -0.353 e. The lowest BCUT2D eigenvalue weighted by Crippen LogP contribution is -2.32. The SMILES string of the molecule is CCC(=O)N[C@H]1CC[C@@H](n2nncc2-c2ccc(-c3ccc4nccn4c3)nc2)C1. The minimum absolute atomic E-state index is 0.105. The van der Waals surface area contributed by atoms with Gasteiger partial charge in [-0.3, -0.25) is 9.78 Å². The first-order valence-corrected chi connectivity index (χ1v) is 10.3. The van der Waals surface area contributed by atoms with Gasteiger partial charge < -0.3 is 9.72 Å². The number of hydrogen-bond donors (Lipinski definition) is 1. The Balaban J connectivity index is 1.36. The zero-order valence-corrected chi connectivity index (χ0v) is 16.8. The molecule has 4 aromatic rings. The number of carbonyl (C=O) groups is 1. The van der Waals surface area contributed by atoms with Gasteiger partial charge in [0.25, 0.3) is 0 Å². The summed E-state index contributed by atoms with van der Waals surface area (Å²) in [7, 11) is 0. The molecule has 8 heteroatoms. The molecule has 8 nitrogen and oxygen atoms in total. The maximum atomic E-state index is 11.7. The standard InChI is InChI=1S/C22H23N7O/c1-2-22(30)26-17-5-6-18(11-17)29-20(13-25-27-29)15-3-7-19(24-12-15)16-4-8-21-23-9-10-28(21)14-16/h3-4,7-10,12-14,17-18H,2,5-6,11H2,1H3,(H,26,30)/t17-,18+/m0/s1. The summed E-state index contributed by atoms with van der Waals surface area (Å²) in [6.07, 6.45) is 12.7. The second-order valence-corrected chi connectivity index (χ2v) is 7.69. The maximum Gasteiger partial charge on any atom is 0.219 e.